The summed E-state index contributed by atoms with van der Waals surface area (Å²) < 4.78 is -1.96. The van der Waals surface area contributed by atoms with Crippen LogP contribution in [0.1, 0.15) is 58.2 Å². The highest BCUT2D eigenvalue weighted by Gasteiger charge is 2.30. The van der Waals surface area contributed by atoms with Gasteiger partial charge in [-0.05, 0) is 33.9 Å². The van der Waals surface area contributed by atoms with Crippen LogP contribution in [0, 0.1) is 0 Å². The van der Waals surface area contributed by atoms with Crippen molar-refractivity contribution < 1.29 is 9.90 Å². The molecule has 0 saturated carbocycles. The number of halogens is 3. The van der Waals surface area contributed by atoms with Crippen molar-refractivity contribution in [3.05, 3.63) is 28.8 Å². The van der Waals surface area contributed by atoms with Gasteiger partial charge in [-0.15, -0.1) is 0 Å². The quantitative estimate of drug-likeness (QED) is 0.707. The Labute approximate surface area is 159 Å². The van der Waals surface area contributed by atoms with Gasteiger partial charge in [-0.3, -0.25) is 4.79 Å². The van der Waals surface area contributed by atoms with Gasteiger partial charge in [0.2, 0.25) is 0 Å². The van der Waals surface area contributed by atoms with Crippen molar-refractivity contribution in [2.75, 3.05) is 6.54 Å². The van der Waals surface area contributed by atoms with Crippen LogP contribution in [-0.2, 0) is 22.0 Å². The van der Waals surface area contributed by atoms with Gasteiger partial charge in [-0.2, -0.15) is 0 Å². The van der Waals surface area contributed by atoms with Crippen LogP contribution in [-0.4, -0.2) is 21.4 Å². The molecule has 0 bridgehead atoms. The molecule has 136 valence electrons. The fourth-order valence-corrected chi connectivity index (χ4v) is 2.60. The summed E-state index contributed by atoms with van der Waals surface area (Å²) in [6.45, 7) is 12.7. The Kier molecular flexibility index (Phi) is 6.52. The third-order valence-corrected chi connectivity index (χ3v) is 4.26. The molecule has 3 nitrogen and oxygen atoms in total. The Morgan fingerprint density at radius 1 is 1.00 bits per heavy atom. The number of benzene rings is 1. The molecule has 2 N–H and O–H groups in total. The monoisotopic (exact) mass is 393 g/mol. The first-order valence-electron chi connectivity index (χ1n) is 7.86. The number of phenolic OH excluding ortho intramolecular Hbond substituents is 1. The van der Waals surface area contributed by atoms with Crippen molar-refractivity contribution in [2.45, 2.75) is 62.6 Å². The Balaban J connectivity index is 3.10. The molecule has 0 aliphatic carbocycles. The number of hydrogen-bond donors (Lipinski definition) is 2. The van der Waals surface area contributed by atoms with Crippen LogP contribution in [0.5, 0.6) is 5.75 Å². The first kappa shape index (κ1) is 21.4. The molecule has 0 aliphatic rings. The maximum atomic E-state index is 11.6. The van der Waals surface area contributed by atoms with Gasteiger partial charge in [0.25, 0.3) is 9.70 Å². The van der Waals surface area contributed by atoms with E-state index in [0.717, 1.165) is 16.7 Å². The maximum Gasteiger partial charge on any atom is 0.272 e. The van der Waals surface area contributed by atoms with Crippen LogP contribution in [0.3, 0.4) is 0 Å². The van der Waals surface area contributed by atoms with Gasteiger partial charge in [-0.25, -0.2) is 0 Å². The predicted octanol–water partition coefficient (Wildman–Crippen LogP) is 5.02. The van der Waals surface area contributed by atoms with Gasteiger partial charge in [0, 0.05) is 6.54 Å². The van der Waals surface area contributed by atoms with E-state index in [0.29, 0.717) is 18.7 Å². The van der Waals surface area contributed by atoms with E-state index in [1.807, 2.05) is 12.1 Å². The maximum absolute atomic E-state index is 11.6. The average molecular weight is 395 g/mol. The average Bonchev–Trinajstić information content (AvgIpc) is 2.36. The molecule has 0 spiro atoms. The lowest BCUT2D eigenvalue weighted by molar-refractivity contribution is -0.120. The fourth-order valence-electron chi connectivity index (χ4n) is 2.40. The first-order chi connectivity index (χ1) is 10.6. The van der Waals surface area contributed by atoms with Crippen molar-refractivity contribution in [1.82, 2.24) is 5.32 Å². The number of alkyl halides is 3. The second-order valence-corrected chi connectivity index (χ2v) is 10.3. The molecular formula is C18H26Cl3NO2. The van der Waals surface area contributed by atoms with E-state index < -0.39 is 9.70 Å². The summed E-state index contributed by atoms with van der Waals surface area (Å²) in [5, 5.41) is 13.3. The Bertz CT molecular complexity index is 573. The van der Waals surface area contributed by atoms with E-state index in [-0.39, 0.29) is 10.8 Å². The number of nitrogens with one attached hydrogen (secondary N) is 1. The minimum Gasteiger partial charge on any atom is -0.507 e. The van der Waals surface area contributed by atoms with Gasteiger partial charge < -0.3 is 10.4 Å². The number of carbonyl (C=O) groups is 1. The zero-order valence-electron chi connectivity index (χ0n) is 15.1. The number of phenols is 1. The van der Waals surface area contributed by atoms with Crippen LogP contribution in [0.4, 0.5) is 0 Å². The highest BCUT2D eigenvalue weighted by Crippen LogP contribution is 2.39. The minimum atomic E-state index is -1.96. The summed E-state index contributed by atoms with van der Waals surface area (Å²) in [5.41, 5.74) is 2.41. The van der Waals surface area contributed by atoms with E-state index in [2.05, 4.69) is 46.9 Å². The molecule has 0 heterocycles. The molecule has 1 aromatic carbocycles. The lowest BCUT2D eigenvalue weighted by Crippen LogP contribution is -2.35. The topological polar surface area (TPSA) is 49.3 Å². The zero-order valence-corrected chi connectivity index (χ0v) is 17.3. The third kappa shape index (κ3) is 5.72. The third-order valence-electron chi connectivity index (χ3n) is 3.74. The molecule has 0 fully saturated rings. The molecule has 0 saturated heterocycles. The minimum absolute atomic E-state index is 0.194. The van der Waals surface area contributed by atoms with E-state index >= 15 is 0 Å². The molecule has 1 rings (SSSR count). The molecule has 0 aliphatic heterocycles. The summed E-state index contributed by atoms with van der Waals surface area (Å²) in [5.74, 6) is -0.303. The molecular weight excluding hydrogens is 369 g/mol. The van der Waals surface area contributed by atoms with Gasteiger partial charge in [0.1, 0.15) is 5.75 Å². The SMILES string of the molecule is CC(C)(C)c1cc(CCNC(=O)C(Cl)(Cl)Cl)cc(C(C)(C)C)c1O. The van der Waals surface area contributed by atoms with Crippen LogP contribution in [0.15, 0.2) is 12.1 Å². The molecule has 0 atom stereocenters. The molecule has 0 unspecified atom stereocenters. The van der Waals surface area contributed by atoms with E-state index in [9.17, 15) is 9.90 Å². The van der Waals surface area contributed by atoms with E-state index in [1.165, 1.54) is 0 Å². The number of rotatable bonds is 3. The highest BCUT2D eigenvalue weighted by molar-refractivity contribution is 6.76. The normalized spacial score (nSPS) is 13.0. The molecule has 0 radical (unpaired) electrons. The highest BCUT2D eigenvalue weighted by atomic mass is 35.6. The Morgan fingerprint density at radius 3 is 1.75 bits per heavy atom. The summed E-state index contributed by atoms with van der Waals surface area (Å²) in [7, 11) is 0. The van der Waals surface area contributed by atoms with Crippen LogP contribution in [0.2, 0.25) is 0 Å². The number of carbonyl (C=O) groups excluding carboxylic acids is 1. The smallest absolute Gasteiger partial charge is 0.272 e. The summed E-state index contributed by atoms with van der Waals surface area (Å²) in [6.07, 6.45) is 0.582. The van der Waals surface area contributed by atoms with E-state index in [4.69, 9.17) is 34.8 Å². The Hall–Kier alpha value is -0.640. The van der Waals surface area contributed by atoms with Crippen molar-refractivity contribution in [2.24, 2.45) is 0 Å². The van der Waals surface area contributed by atoms with Gasteiger partial charge in [0.05, 0.1) is 0 Å². The molecule has 24 heavy (non-hydrogen) atoms. The van der Waals surface area contributed by atoms with E-state index in [1.54, 1.807) is 0 Å². The van der Waals surface area contributed by atoms with Gasteiger partial charge >= 0.3 is 0 Å². The fraction of sp³-hybridized carbons (Fsp3) is 0.611. The molecule has 1 aromatic rings. The van der Waals surface area contributed by atoms with Gasteiger partial charge in [-0.1, -0.05) is 88.5 Å². The Morgan fingerprint density at radius 2 is 1.42 bits per heavy atom. The first-order valence-corrected chi connectivity index (χ1v) is 8.99. The summed E-state index contributed by atoms with van der Waals surface area (Å²) in [6, 6.07) is 3.96. The lowest BCUT2D eigenvalue weighted by atomic mass is 9.78. The van der Waals surface area contributed by atoms with Gasteiger partial charge in [0.15, 0.2) is 0 Å². The predicted molar refractivity (Wildman–Crippen MR) is 103 cm³/mol. The second-order valence-electron chi connectivity index (χ2n) is 8.04. The molecule has 6 heteroatoms. The molecule has 1 amide bonds. The number of amides is 1. The van der Waals surface area contributed by atoms with Crippen molar-refractivity contribution >= 4 is 40.7 Å². The standard InChI is InChI=1S/C18H26Cl3NO2/c1-16(2,3)12-9-11(7-8-22-15(24)18(19,20)21)10-13(14(12)23)17(4,5)6/h9-10,23H,7-8H2,1-6H3,(H,22,24). The van der Waals surface area contributed by atoms with Crippen molar-refractivity contribution in [3.8, 4) is 5.75 Å². The van der Waals surface area contributed by atoms with Crippen LogP contribution >= 0.6 is 34.8 Å². The van der Waals surface area contributed by atoms with Crippen molar-refractivity contribution in [3.63, 3.8) is 0 Å². The largest absolute Gasteiger partial charge is 0.507 e. The second kappa shape index (κ2) is 7.31. The number of aromatic hydroxyl groups is 1. The summed E-state index contributed by atoms with van der Waals surface area (Å²) >= 11 is 16.6. The van der Waals surface area contributed by atoms with Crippen LogP contribution in [0.25, 0.3) is 0 Å². The zero-order chi connectivity index (χ0) is 18.9. The van der Waals surface area contributed by atoms with Crippen molar-refractivity contribution in [1.29, 1.82) is 0 Å². The lowest BCUT2D eigenvalue weighted by Gasteiger charge is -2.28. The van der Waals surface area contributed by atoms with Crippen LogP contribution < -0.4 is 5.32 Å². The molecule has 0 aromatic heterocycles. The number of hydrogen-bond acceptors (Lipinski definition) is 2. The summed E-state index contributed by atoms with van der Waals surface area (Å²) in [4.78, 5) is 11.6.